The van der Waals surface area contributed by atoms with Gasteiger partial charge in [-0.1, -0.05) is 82.2 Å². The van der Waals surface area contributed by atoms with E-state index in [2.05, 4.69) is 23.3 Å². The van der Waals surface area contributed by atoms with Gasteiger partial charge in [-0.25, -0.2) is 19.2 Å². The molecule has 12 nitrogen and oxygen atoms in total. The first-order valence-electron chi connectivity index (χ1n) is 18.3. The number of ether oxygens (including phenoxy) is 3. The van der Waals surface area contributed by atoms with Crippen molar-refractivity contribution in [1.82, 2.24) is 0 Å². The van der Waals surface area contributed by atoms with Crippen molar-refractivity contribution in [2.75, 3.05) is 19.8 Å². The van der Waals surface area contributed by atoms with Crippen LogP contribution in [0, 0.1) is 0 Å². The second-order valence-electron chi connectivity index (χ2n) is 10.6. The molecular weight excluding hydrogens is 731 g/mol. The van der Waals surface area contributed by atoms with Crippen molar-refractivity contribution in [3.8, 4) is 0 Å². The molecule has 0 rings (SSSR count). The Morgan fingerprint density at radius 3 is 1.18 bits per heavy atom. The summed E-state index contributed by atoms with van der Waals surface area (Å²) >= 11 is 0. The number of aldehydes is 1. The van der Waals surface area contributed by atoms with Crippen molar-refractivity contribution >= 4 is 36.1 Å². The minimum atomic E-state index is -1.09. The van der Waals surface area contributed by atoms with Crippen molar-refractivity contribution < 1.29 is 87.9 Å². The van der Waals surface area contributed by atoms with E-state index < -0.39 is 17.9 Å². The molecule has 0 aliphatic carbocycles. The second kappa shape index (κ2) is 58.0. The zero-order valence-electron chi connectivity index (χ0n) is 37.4. The van der Waals surface area contributed by atoms with Crippen molar-refractivity contribution in [2.45, 2.75) is 136 Å². The number of carboxylic acids is 1. The maximum atomic E-state index is 11.1. The number of rotatable bonds is 13. The summed E-state index contributed by atoms with van der Waals surface area (Å²) in [5.74, 6) is -2.76. The van der Waals surface area contributed by atoms with Gasteiger partial charge < -0.3 is 39.1 Å². The zero-order chi connectivity index (χ0) is 44.6. The van der Waals surface area contributed by atoms with Crippen LogP contribution in [-0.2, 0) is 43.0 Å². The van der Waals surface area contributed by atoms with Crippen LogP contribution in [0.25, 0.3) is 0 Å². The molecule has 56 heavy (non-hydrogen) atoms. The summed E-state index contributed by atoms with van der Waals surface area (Å²) in [7, 11) is 0. The Kier molecular flexibility index (Phi) is 72.7. The Hall–Kier alpha value is -3.68. The largest absolute Gasteiger partial charge is 1.00 e. The third-order valence-corrected chi connectivity index (χ3v) is 6.02. The predicted octanol–water partition coefficient (Wildman–Crippen LogP) is 4.95. The molecule has 0 radical (unpaired) electrons. The Balaban J connectivity index is -0.0000000827. The number of carbonyl (C=O) groups excluding carboxylic acids is 6. The van der Waals surface area contributed by atoms with Gasteiger partial charge in [-0.05, 0) is 101 Å². The molecule has 0 aliphatic heterocycles. The first kappa shape index (κ1) is 70.2. The minimum Gasteiger partial charge on any atom is -0.545 e. The van der Waals surface area contributed by atoms with Gasteiger partial charge >= 0.3 is 53.4 Å². The summed E-state index contributed by atoms with van der Waals surface area (Å²) in [6, 6.07) is 0. The Bertz CT molecular complexity index is 1190. The van der Waals surface area contributed by atoms with E-state index in [-0.39, 0.29) is 53.7 Å². The number of allylic oxidation sites excluding steroid dienone is 7. The summed E-state index contributed by atoms with van der Waals surface area (Å²) in [6.45, 7) is 27.5. The van der Waals surface area contributed by atoms with Crippen molar-refractivity contribution in [1.29, 1.82) is 0 Å². The fourth-order valence-electron chi connectivity index (χ4n) is 1.74. The molecule has 0 atom stereocenters. The van der Waals surface area contributed by atoms with Gasteiger partial charge in [0.1, 0.15) is 6.29 Å². The molecule has 0 aromatic heterocycles. The molecule has 0 aromatic carbocycles. The normalized spacial score (nSPS) is 10.8. The molecule has 0 spiro atoms. The Morgan fingerprint density at radius 1 is 0.589 bits per heavy atom. The molecule has 0 bridgehead atoms. The number of hydrogen-bond donors (Lipinski definition) is 2. The second-order valence-corrected chi connectivity index (χ2v) is 10.6. The van der Waals surface area contributed by atoms with E-state index in [9.17, 15) is 33.9 Å². The number of aliphatic hydroxyl groups excluding tert-OH is 2. The van der Waals surface area contributed by atoms with Gasteiger partial charge in [0.2, 0.25) is 0 Å². The van der Waals surface area contributed by atoms with Crippen LogP contribution in [0.1, 0.15) is 136 Å². The van der Waals surface area contributed by atoms with Crippen LogP contribution in [0.5, 0.6) is 0 Å². The van der Waals surface area contributed by atoms with E-state index in [4.69, 9.17) is 14.9 Å². The van der Waals surface area contributed by atoms with Gasteiger partial charge in [-0.15, -0.1) is 0 Å². The predicted molar refractivity (Wildman–Crippen MR) is 220 cm³/mol. The van der Waals surface area contributed by atoms with E-state index >= 15 is 0 Å². The van der Waals surface area contributed by atoms with Gasteiger partial charge in [-0.3, -0.25) is 0 Å². The molecule has 0 aromatic rings. The zero-order valence-corrected chi connectivity index (χ0v) is 39.4. The number of aliphatic carboxylic acids is 1. The summed E-state index contributed by atoms with van der Waals surface area (Å²) < 4.78 is 14.1. The van der Waals surface area contributed by atoms with E-state index in [0.29, 0.717) is 41.9 Å². The van der Waals surface area contributed by atoms with Crippen LogP contribution in [0.15, 0.2) is 82.7 Å². The first-order chi connectivity index (χ1) is 25.9. The average Bonchev–Trinajstić information content (AvgIpc) is 3.19. The number of esters is 4. The minimum absolute atomic E-state index is 0. The number of unbranched alkanes of at least 4 members (excludes halogenated alkanes) is 2. The topological polar surface area (TPSA) is 194 Å². The summed E-state index contributed by atoms with van der Waals surface area (Å²) in [5, 5.41) is 25.8. The third-order valence-electron chi connectivity index (χ3n) is 6.02. The maximum absolute atomic E-state index is 11.1. The van der Waals surface area contributed by atoms with Crippen LogP contribution < -0.4 is 34.7 Å². The van der Waals surface area contributed by atoms with Gasteiger partial charge in [0.15, 0.2) is 0 Å². The molecule has 0 amide bonds. The molecule has 0 saturated heterocycles. The number of hydrogen-bond acceptors (Lipinski definition) is 12. The summed E-state index contributed by atoms with van der Waals surface area (Å²) in [5.41, 5.74) is 2.44. The van der Waals surface area contributed by atoms with E-state index in [1.54, 1.807) is 105 Å². The fraction of sp³-hybridized carbons (Fsp3) is 0.535. The van der Waals surface area contributed by atoms with Gasteiger partial charge in [0.25, 0.3) is 0 Å². The van der Waals surface area contributed by atoms with E-state index in [0.717, 1.165) is 32.0 Å². The third kappa shape index (κ3) is 62.3. The Morgan fingerprint density at radius 2 is 0.964 bits per heavy atom. The van der Waals surface area contributed by atoms with E-state index in [1.165, 1.54) is 19.3 Å². The maximum Gasteiger partial charge on any atom is 1.00 e. The van der Waals surface area contributed by atoms with Crippen molar-refractivity contribution in [3.05, 3.63) is 82.7 Å². The van der Waals surface area contributed by atoms with Crippen LogP contribution in [-0.4, -0.2) is 66.2 Å². The molecule has 0 fully saturated rings. The smallest absolute Gasteiger partial charge is 0.545 e. The molecule has 0 saturated carbocycles. The molecule has 2 N–H and O–H groups in total. The van der Waals surface area contributed by atoms with E-state index in [1.807, 2.05) is 20.8 Å². The molecule has 0 heterocycles. The quantitative estimate of drug-likeness (QED) is 0.0293. The van der Waals surface area contributed by atoms with Gasteiger partial charge in [0.05, 0.1) is 25.4 Å². The number of carboxylic acid groups (broad SMARTS) is 1. The summed E-state index contributed by atoms with van der Waals surface area (Å²) in [4.78, 5) is 62.8. The van der Waals surface area contributed by atoms with Crippen LogP contribution in [0.2, 0.25) is 0 Å². The molecule has 0 unspecified atom stereocenters. The summed E-state index contributed by atoms with van der Waals surface area (Å²) in [6.07, 6.45) is 20.2. The molecule has 318 valence electrons. The Labute approximate surface area is 360 Å². The van der Waals surface area contributed by atoms with Crippen LogP contribution in [0.4, 0.5) is 0 Å². The van der Waals surface area contributed by atoms with Crippen LogP contribution in [0.3, 0.4) is 0 Å². The number of carbonyl (C=O) groups is 6. The van der Waals surface area contributed by atoms with Gasteiger partial charge in [-0.2, -0.15) is 0 Å². The monoisotopic (exact) mass is 804 g/mol. The molecule has 13 heteroatoms. The SMILES string of the molecule is C/C=C(\C)C(=O)OC(=O)/C(C)=C/C.C/C=C(\C)C(=O)OCCCC.C/C=C(\C)C(=O)[O-].C/C=C/CO.C/C=C/OC(=O)/C(C)=C/C.CCC=O.CCCCO.[Na+]. The van der Waals surface area contributed by atoms with Crippen molar-refractivity contribution in [2.24, 2.45) is 0 Å². The first-order valence-corrected chi connectivity index (χ1v) is 18.3. The standard InChI is InChI=1S/C10H14O3.C9H16O2.C8H12O2.C5H8O2.C4H10O.C4H8O.C3H6O.Na/c1-5-7(3)9(11)13-10(12)8(4)6-2;1-4-6-7-11-9(10)8(3)5-2;1-4-6-10-8(9)7(3)5-2;1-3-4(2)5(6)7;2*1-2-3-4-5;1-2-3-4;/h5-6H,1-4H3;5H,4,6-7H2,1-3H3;4-6H,1-3H3;3H,1-2H3,(H,6,7);5H,2-4H2,1H3;2-3,5H,4H2,1H3;3H,2H2,1H3;/q;;;;;;;+1/p-1/b7-5+,8-6+;8-5+;6-4+,7-5+;4-3+;;3-2+;;. The molecular formula is C43H73NaO12. The molecule has 0 aliphatic rings. The van der Waals surface area contributed by atoms with Crippen molar-refractivity contribution in [3.63, 3.8) is 0 Å². The number of aliphatic hydroxyl groups is 2. The van der Waals surface area contributed by atoms with Gasteiger partial charge in [0, 0.05) is 35.3 Å². The van der Waals surface area contributed by atoms with Crippen LogP contribution >= 0.6 is 0 Å². The average molecular weight is 805 g/mol. The fourth-order valence-corrected chi connectivity index (χ4v) is 1.74.